The molecule has 7 nitrogen and oxygen atoms in total. The van der Waals surface area contributed by atoms with Crippen molar-refractivity contribution >= 4 is 34.6 Å². The largest absolute Gasteiger partial charge is 0.456 e. The molecule has 8 heteroatoms. The van der Waals surface area contributed by atoms with Crippen molar-refractivity contribution in [3.05, 3.63) is 57.2 Å². The van der Waals surface area contributed by atoms with Gasteiger partial charge in [0.15, 0.2) is 5.17 Å². The SMILES string of the molecule is N=C1NC(=O)/C(=C/c2ccc(-c3ccccc3[N+](=O)[O-])o2)S1. The number of nitro groups is 1. The molecule has 1 aromatic carbocycles. The molecular weight excluding hydrogens is 306 g/mol. The number of nitrogens with zero attached hydrogens (tertiary/aromatic N) is 1. The first kappa shape index (κ1) is 14.1. The highest BCUT2D eigenvalue weighted by Gasteiger charge is 2.23. The molecule has 0 bridgehead atoms. The molecule has 1 amide bonds. The van der Waals surface area contributed by atoms with E-state index in [1.165, 1.54) is 12.1 Å². The monoisotopic (exact) mass is 315 g/mol. The molecular formula is C14H9N3O4S. The van der Waals surface area contributed by atoms with Gasteiger partial charge in [0.05, 0.1) is 15.4 Å². The van der Waals surface area contributed by atoms with E-state index in [0.717, 1.165) is 11.8 Å². The molecule has 0 spiro atoms. The zero-order valence-corrected chi connectivity index (χ0v) is 11.8. The van der Waals surface area contributed by atoms with Crippen LogP contribution in [0.2, 0.25) is 0 Å². The zero-order valence-electron chi connectivity index (χ0n) is 11.0. The normalized spacial score (nSPS) is 16.1. The van der Waals surface area contributed by atoms with Crippen molar-refractivity contribution in [3.63, 3.8) is 0 Å². The maximum absolute atomic E-state index is 11.5. The van der Waals surface area contributed by atoms with Gasteiger partial charge in [0.1, 0.15) is 11.5 Å². The highest BCUT2D eigenvalue weighted by atomic mass is 32.2. The van der Waals surface area contributed by atoms with E-state index >= 15 is 0 Å². The molecule has 0 atom stereocenters. The summed E-state index contributed by atoms with van der Waals surface area (Å²) in [5.41, 5.74) is 0.319. The van der Waals surface area contributed by atoms with E-state index in [0.29, 0.717) is 22.0 Å². The Hall–Kier alpha value is -2.87. The van der Waals surface area contributed by atoms with Crippen molar-refractivity contribution in [2.24, 2.45) is 0 Å². The summed E-state index contributed by atoms with van der Waals surface area (Å²) in [4.78, 5) is 22.4. The number of nitrogens with one attached hydrogen (secondary N) is 2. The molecule has 2 aromatic rings. The van der Waals surface area contributed by atoms with Crippen LogP contribution in [0.3, 0.4) is 0 Å². The lowest BCUT2D eigenvalue weighted by molar-refractivity contribution is -0.384. The lowest BCUT2D eigenvalue weighted by Gasteiger charge is -1.98. The Bertz CT molecular complexity index is 825. The van der Waals surface area contributed by atoms with Gasteiger partial charge >= 0.3 is 0 Å². The predicted octanol–water partition coefficient (Wildman–Crippen LogP) is 2.99. The standard InChI is InChI=1S/C14H9N3O4S/c15-14-16-13(18)12(22-14)7-8-5-6-11(21-8)9-3-1-2-4-10(9)17(19)20/h1-7H,(H2,15,16,18)/b12-7-. The maximum atomic E-state index is 11.5. The third-order valence-corrected chi connectivity index (χ3v) is 3.76. The van der Waals surface area contributed by atoms with E-state index in [1.54, 1.807) is 30.3 Å². The molecule has 0 aliphatic carbocycles. The van der Waals surface area contributed by atoms with Crippen molar-refractivity contribution in [2.75, 3.05) is 0 Å². The molecule has 3 rings (SSSR count). The van der Waals surface area contributed by atoms with Crippen LogP contribution >= 0.6 is 11.8 Å². The van der Waals surface area contributed by atoms with Gasteiger partial charge in [0, 0.05) is 12.1 Å². The van der Waals surface area contributed by atoms with Gasteiger partial charge in [-0.3, -0.25) is 20.3 Å². The van der Waals surface area contributed by atoms with E-state index in [-0.39, 0.29) is 16.8 Å². The van der Waals surface area contributed by atoms with Gasteiger partial charge < -0.3 is 9.73 Å². The summed E-state index contributed by atoms with van der Waals surface area (Å²) in [5.74, 6) is 0.372. The van der Waals surface area contributed by atoms with Crippen LogP contribution in [0.1, 0.15) is 5.76 Å². The Balaban J connectivity index is 1.95. The molecule has 22 heavy (non-hydrogen) atoms. The van der Waals surface area contributed by atoms with Gasteiger partial charge in [-0.2, -0.15) is 0 Å². The second-order valence-electron chi connectivity index (χ2n) is 4.37. The molecule has 1 fully saturated rings. The first-order chi connectivity index (χ1) is 10.5. The molecule has 1 aliphatic rings. The number of furan rings is 1. The Morgan fingerprint density at radius 3 is 2.73 bits per heavy atom. The summed E-state index contributed by atoms with van der Waals surface area (Å²) in [6.45, 7) is 0. The van der Waals surface area contributed by atoms with Crippen LogP contribution in [0, 0.1) is 15.5 Å². The third kappa shape index (κ3) is 2.63. The second kappa shape index (κ2) is 5.49. The van der Waals surface area contributed by atoms with Gasteiger partial charge in [-0.05, 0) is 30.0 Å². The van der Waals surface area contributed by atoms with Gasteiger partial charge in [-0.1, -0.05) is 12.1 Å². The van der Waals surface area contributed by atoms with Gasteiger partial charge in [0.25, 0.3) is 11.6 Å². The number of amides is 1. The number of hydrogen-bond acceptors (Lipinski definition) is 6. The number of carbonyl (C=O) groups excluding carboxylic acids is 1. The maximum Gasteiger partial charge on any atom is 0.280 e. The molecule has 0 unspecified atom stereocenters. The molecule has 2 heterocycles. The van der Waals surface area contributed by atoms with Crippen molar-refractivity contribution in [2.45, 2.75) is 0 Å². The van der Waals surface area contributed by atoms with Crippen LogP contribution in [-0.2, 0) is 4.79 Å². The van der Waals surface area contributed by atoms with Crippen LogP contribution in [0.4, 0.5) is 5.69 Å². The number of rotatable bonds is 3. The predicted molar refractivity (Wildman–Crippen MR) is 82.2 cm³/mol. The Morgan fingerprint density at radius 2 is 2.05 bits per heavy atom. The summed E-state index contributed by atoms with van der Waals surface area (Å²) in [6, 6.07) is 9.49. The highest BCUT2D eigenvalue weighted by molar-refractivity contribution is 8.18. The fraction of sp³-hybridized carbons (Fsp3) is 0. The minimum Gasteiger partial charge on any atom is -0.456 e. The Labute approximate surface area is 128 Å². The lowest BCUT2D eigenvalue weighted by atomic mass is 10.1. The summed E-state index contributed by atoms with van der Waals surface area (Å²) < 4.78 is 5.56. The van der Waals surface area contributed by atoms with Gasteiger partial charge in [-0.15, -0.1) is 0 Å². The fourth-order valence-electron chi connectivity index (χ4n) is 1.99. The number of benzene rings is 1. The summed E-state index contributed by atoms with van der Waals surface area (Å²) >= 11 is 0.997. The van der Waals surface area contributed by atoms with Crippen molar-refractivity contribution in [1.29, 1.82) is 5.41 Å². The van der Waals surface area contributed by atoms with Crippen LogP contribution in [0.5, 0.6) is 0 Å². The zero-order chi connectivity index (χ0) is 15.7. The Kier molecular flexibility index (Phi) is 3.51. The molecule has 110 valence electrons. The quantitative estimate of drug-likeness (QED) is 0.514. The summed E-state index contributed by atoms with van der Waals surface area (Å²) in [6.07, 6.45) is 1.50. The highest BCUT2D eigenvalue weighted by Crippen LogP contribution is 2.32. The van der Waals surface area contributed by atoms with E-state index in [2.05, 4.69) is 5.32 Å². The number of para-hydroxylation sites is 1. The minimum absolute atomic E-state index is 0.0502. The van der Waals surface area contributed by atoms with Crippen LogP contribution in [-0.4, -0.2) is 16.0 Å². The van der Waals surface area contributed by atoms with Crippen molar-refractivity contribution in [1.82, 2.24) is 5.32 Å². The molecule has 1 aromatic heterocycles. The van der Waals surface area contributed by atoms with E-state index in [1.807, 2.05) is 0 Å². The van der Waals surface area contributed by atoms with Crippen molar-refractivity contribution in [3.8, 4) is 11.3 Å². The van der Waals surface area contributed by atoms with Crippen LogP contribution in [0.25, 0.3) is 17.4 Å². The topological polar surface area (TPSA) is 109 Å². The average Bonchev–Trinajstić information content (AvgIpc) is 3.06. The summed E-state index contributed by atoms with van der Waals surface area (Å²) in [5, 5.41) is 20.8. The molecule has 0 radical (unpaired) electrons. The number of hydrogen-bond donors (Lipinski definition) is 2. The first-order valence-corrected chi connectivity index (χ1v) is 6.99. The second-order valence-corrected chi connectivity index (χ2v) is 5.42. The van der Waals surface area contributed by atoms with E-state index in [4.69, 9.17) is 9.83 Å². The first-order valence-electron chi connectivity index (χ1n) is 6.17. The fourth-order valence-corrected chi connectivity index (χ4v) is 2.67. The van der Waals surface area contributed by atoms with Gasteiger partial charge in [0.2, 0.25) is 0 Å². The number of amidine groups is 1. The Morgan fingerprint density at radius 1 is 1.27 bits per heavy atom. The lowest BCUT2D eigenvalue weighted by Crippen LogP contribution is -2.18. The van der Waals surface area contributed by atoms with Crippen molar-refractivity contribution < 1.29 is 14.1 Å². The molecule has 1 saturated heterocycles. The molecule has 2 N–H and O–H groups in total. The molecule has 0 saturated carbocycles. The number of thioether (sulfide) groups is 1. The average molecular weight is 315 g/mol. The number of nitro benzene ring substituents is 1. The van der Waals surface area contributed by atoms with Gasteiger partial charge in [-0.25, -0.2) is 0 Å². The summed E-state index contributed by atoms with van der Waals surface area (Å²) in [7, 11) is 0. The van der Waals surface area contributed by atoms with Crippen LogP contribution < -0.4 is 5.32 Å². The molecule has 1 aliphatic heterocycles. The smallest absolute Gasteiger partial charge is 0.280 e. The number of carbonyl (C=O) groups is 1. The third-order valence-electron chi connectivity index (χ3n) is 2.93. The van der Waals surface area contributed by atoms with E-state index in [9.17, 15) is 14.9 Å². The van der Waals surface area contributed by atoms with Crippen LogP contribution in [0.15, 0.2) is 45.7 Å². The van der Waals surface area contributed by atoms with E-state index < -0.39 is 4.92 Å². The minimum atomic E-state index is -0.475.